The third-order valence-corrected chi connectivity index (χ3v) is 8.74. The summed E-state index contributed by atoms with van der Waals surface area (Å²) in [7, 11) is 0. The van der Waals surface area contributed by atoms with Crippen molar-refractivity contribution in [3.8, 4) is 0 Å². The molecule has 248 valence electrons. The number of likely N-dealkylation sites (tertiary alicyclic amines) is 1. The van der Waals surface area contributed by atoms with Crippen LogP contribution in [0.3, 0.4) is 0 Å². The molecule has 4 amide bonds. The number of nitrogens with one attached hydrogen (secondary N) is 1. The van der Waals surface area contributed by atoms with Crippen molar-refractivity contribution in [1.29, 1.82) is 0 Å². The van der Waals surface area contributed by atoms with Crippen LogP contribution in [0.15, 0.2) is 41.7 Å². The second-order valence-corrected chi connectivity index (χ2v) is 12.8. The van der Waals surface area contributed by atoms with Crippen LogP contribution in [0.2, 0.25) is 0 Å². The van der Waals surface area contributed by atoms with Gasteiger partial charge in [-0.15, -0.1) is 5.10 Å². The van der Waals surface area contributed by atoms with Gasteiger partial charge in [0.15, 0.2) is 0 Å². The van der Waals surface area contributed by atoms with E-state index in [-0.39, 0.29) is 36.7 Å². The third kappa shape index (κ3) is 7.56. The molecule has 2 aromatic heterocycles. The van der Waals surface area contributed by atoms with Crippen molar-refractivity contribution in [2.45, 2.75) is 89.4 Å². The Morgan fingerprint density at radius 1 is 1.09 bits per heavy atom. The molecule has 0 spiro atoms. The summed E-state index contributed by atoms with van der Waals surface area (Å²) in [6, 6.07) is 4.10. The Morgan fingerprint density at radius 2 is 1.79 bits per heavy atom. The van der Waals surface area contributed by atoms with Crippen LogP contribution in [-0.2, 0) is 24.8 Å². The number of nitrogens with zero attached hydrogens (tertiary/aromatic N) is 7. The summed E-state index contributed by atoms with van der Waals surface area (Å²) in [6.07, 6.45) is 7.79. The number of amides is 4. The van der Waals surface area contributed by atoms with Gasteiger partial charge in [-0.1, -0.05) is 49.5 Å². The van der Waals surface area contributed by atoms with Crippen LogP contribution >= 0.6 is 0 Å². The van der Waals surface area contributed by atoms with Crippen molar-refractivity contribution >= 4 is 46.2 Å². The zero-order chi connectivity index (χ0) is 33.9. The topological polar surface area (TPSA) is 216 Å². The van der Waals surface area contributed by atoms with E-state index in [1.54, 1.807) is 32.0 Å². The van der Waals surface area contributed by atoms with E-state index in [4.69, 9.17) is 5.73 Å². The van der Waals surface area contributed by atoms with Gasteiger partial charge in [-0.25, -0.2) is 14.7 Å². The van der Waals surface area contributed by atoms with Gasteiger partial charge in [0.25, 0.3) is 17.7 Å². The van der Waals surface area contributed by atoms with Crippen molar-refractivity contribution in [3.63, 3.8) is 0 Å². The summed E-state index contributed by atoms with van der Waals surface area (Å²) in [5.41, 5.74) is 5.24. The Kier molecular flexibility index (Phi) is 9.84. The smallest absolute Gasteiger partial charge is 0.297 e. The van der Waals surface area contributed by atoms with Crippen LogP contribution < -0.4 is 11.1 Å². The van der Waals surface area contributed by atoms with E-state index < -0.39 is 53.1 Å². The summed E-state index contributed by atoms with van der Waals surface area (Å²) >= 11 is 0. The van der Waals surface area contributed by atoms with E-state index in [2.05, 4.69) is 30.6 Å². The molecule has 1 aliphatic carbocycles. The van der Waals surface area contributed by atoms with Gasteiger partial charge in [0.2, 0.25) is 11.7 Å². The summed E-state index contributed by atoms with van der Waals surface area (Å²) in [5, 5.41) is 21.3. The molecule has 1 aromatic carbocycles. The maximum Gasteiger partial charge on any atom is 0.297 e. The summed E-state index contributed by atoms with van der Waals surface area (Å²) in [6.45, 7) is 4.43. The number of carbonyl (C=O) groups is 5. The predicted molar refractivity (Wildman–Crippen MR) is 169 cm³/mol. The molecule has 47 heavy (non-hydrogen) atoms. The molecule has 5 rings (SSSR count). The number of hydrogen-bond acceptors (Lipinski definition) is 10. The summed E-state index contributed by atoms with van der Waals surface area (Å²) in [5.74, 6) is -4.15. The molecule has 2 fully saturated rings. The van der Waals surface area contributed by atoms with Crippen molar-refractivity contribution in [2.24, 2.45) is 16.6 Å². The first-order valence-corrected chi connectivity index (χ1v) is 15.7. The molecule has 1 aliphatic heterocycles. The monoisotopic (exact) mass is 645 g/mol. The van der Waals surface area contributed by atoms with Crippen molar-refractivity contribution in [1.82, 2.24) is 35.2 Å². The SMILES string of the molecule is CC(NC(=O)[C@@H]1C[C@H](n2nncc2C(C)(C)O)CN1C(=O)/C(CC1CCCCC1)=N/C(=O)c1cnc2ccccc2n1)C(=O)C(N)=O. The number of rotatable bonds is 10. The quantitative estimate of drug-likeness (QED) is 0.213. The highest BCUT2D eigenvalue weighted by Gasteiger charge is 2.44. The number of primary amides is 1. The van der Waals surface area contributed by atoms with E-state index in [0.717, 1.165) is 32.1 Å². The molecule has 3 aromatic rings. The maximum absolute atomic E-state index is 14.4. The van der Waals surface area contributed by atoms with Gasteiger partial charge >= 0.3 is 0 Å². The Labute approximate surface area is 271 Å². The fourth-order valence-electron chi connectivity index (χ4n) is 6.26. The molecule has 3 heterocycles. The molecule has 0 bridgehead atoms. The van der Waals surface area contributed by atoms with Crippen LogP contribution in [-0.4, -0.2) is 88.7 Å². The van der Waals surface area contributed by atoms with Gasteiger partial charge in [-0.05, 0) is 45.2 Å². The van der Waals surface area contributed by atoms with Crippen LogP contribution in [0, 0.1) is 5.92 Å². The highest BCUT2D eigenvalue weighted by atomic mass is 16.3. The number of carbonyl (C=O) groups excluding carboxylic acids is 5. The standard InChI is InChI=1S/C32H39N9O6/c1-18(27(42)28(33)43)36-30(45)25-14-20(41-26(16-35-39-41)32(2,3)47)17-40(25)31(46)23(13-19-9-5-4-6-10-19)38-29(44)24-15-34-21-11-7-8-12-22(21)37-24/h7-8,11-12,15-16,18-20,25,47H,4-6,9-10,13-14,17H2,1-3H3,(H2,33,43)(H,36,45)/b38-23+/t18?,20-,25-/m0/s1. The Hall–Kier alpha value is -4.92. The molecule has 15 heteroatoms. The largest absolute Gasteiger partial charge is 0.384 e. The number of aliphatic imine (C=N–C) groups is 1. The van der Waals surface area contributed by atoms with E-state index in [1.165, 1.54) is 28.9 Å². The molecule has 4 N–H and O–H groups in total. The Balaban J connectivity index is 1.50. The molecular weight excluding hydrogens is 606 g/mol. The van der Waals surface area contributed by atoms with Gasteiger partial charge in [-0.2, -0.15) is 0 Å². The average molecular weight is 646 g/mol. The Morgan fingerprint density at radius 3 is 2.47 bits per heavy atom. The van der Waals surface area contributed by atoms with Crippen LogP contribution in [0.1, 0.15) is 87.9 Å². The number of para-hydroxylation sites is 2. The van der Waals surface area contributed by atoms with Gasteiger partial charge in [0.05, 0.1) is 41.2 Å². The second kappa shape index (κ2) is 13.8. The second-order valence-electron chi connectivity index (χ2n) is 12.8. The molecule has 3 atom stereocenters. The lowest BCUT2D eigenvalue weighted by atomic mass is 9.85. The molecule has 2 aliphatic rings. The van der Waals surface area contributed by atoms with Gasteiger partial charge in [-0.3, -0.25) is 29.0 Å². The molecule has 1 saturated heterocycles. The lowest BCUT2D eigenvalue weighted by Gasteiger charge is -2.27. The molecule has 15 nitrogen and oxygen atoms in total. The number of Topliss-reactive ketones (excluding diaryl/α,β-unsaturated/α-hetero) is 1. The molecule has 1 unspecified atom stereocenters. The number of ketones is 1. The first-order chi connectivity index (χ1) is 22.3. The molecule has 0 radical (unpaired) electrons. The number of benzene rings is 1. The summed E-state index contributed by atoms with van der Waals surface area (Å²) in [4.78, 5) is 79.6. The average Bonchev–Trinajstić information content (AvgIpc) is 3.72. The van der Waals surface area contributed by atoms with Crippen LogP contribution in [0.25, 0.3) is 11.0 Å². The zero-order valence-electron chi connectivity index (χ0n) is 26.6. The van der Waals surface area contributed by atoms with Crippen LogP contribution in [0.4, 0.5) is 0 Å². The van der Waals surface area contributed by atoms with E-state index >= 15 is 0 Å². The predicted octanol–water partition coefficient (Wildman–Crippen LogP) is 1.40. The van der Waals surface area contributed by atoms with E-state index in [1.807, 2.05) is 6.07 Å². The highest BCUT2D eigenvalue weighted by molar-refractivity contribution is 6.41. The first-order valence-electron chi connectivity index (χ1n) is 15.7. The number of aromatic nitrogens is 5. The fourth-order valence-corrected chi connectivity index (χ4v) is 6.26. The van der Waals surface area contributed by atoms with Crippen molar-refractivity contribution in [2.75, 3.05) is 6.54 Å². The van der Waals surface area contributed by atoms with Gasteiger partial charge < -0.3 is 21.1 Å². The number of fused-ring (bicyclic) bond motifs is 1. The maximum atomic E-state index is 14.4. The lowest BCUT2D eigenvalue weighted by Crippen LogP contribution is -2.52. The lowest BCUT2D eigenvalue weighted by molar-refractivity contribution is -0.139. The fraction of sp³-hybridized carbons (Fsp3) is 0.500. The minimum atomic E-state index is -1.33. The zero-order valence-corrected chi connectivity index (χ0v) is 26.6. The van der Waals surface area contributed by atoms with Gasteiger partial charge in [0.1, 0.15) is 23.0 Å². The number of hydrogen-bond donors (Lipinski definition) is 3. The normalized spacial score (nSPS) is 19.8. The van der Waals surface area contributed by atoms with Gasteiger partial charge in [0, 0.05) is 13.0 Å². The van der Waals surface area contributed by atoms with E-state index in [9.17, 15) is 29.1 Å². The first kappa shape index (κ1) is 33.4. The van der Waals surface area contributed by atoms with Crippen molar-refractivity contribution < 1.29 is 29.1 Å². The Bertz CT molecular complexity index is 1720. The highest BCUT2D eigenvalue weighted by Crippen LogP contribution is 2.33. The number of nitrogens with two attached hydrogens (primary N) is 1. The molecule has 1 saturated carbocycles. The number of aliphatic hydroxyl groups is 1. The van der Waals surface area contributed by atoms with Crippen LogP contribution in [0.5, 0.6) is 0 Å². The minimum Gasteiger partial charge on any atom is -0.384 e. The van der Waals surface area contributed by atoms with E-state index in [0.29, 0.717) is 16.7 Å². The molecular formula is C32H39N9O6. The minimum absolute atomic E-state index is 0.0159. The summed E-state index contributed by atoms with van der Waals surface area (Å²) < 4.78 is 1.47. The third-order valence-electron chi connectivity index (χ3n) is 8.74. The van der Waals surface area contributed by atoms with Crippen molar-refractivity contribution in [3.05, 3.63) is 48.0 Å².